The van der Waals surface area contributed by atoms with Crippen molar-refractivity contribution < 1.29 is 13.6 Å². The van der Waals surface area contributed by atoms with E-state index in [2.05, 4.69) is 10.3 Å². The Morgan fingerprint density at radius 3 is 2.74 bits per heavy atom. The molecule has 0 bridgehead atoms. The monoisotopic (exact) mass is 263 g/mol. The Morgan fingerprint density at radius 1 is 1.32 bits per heavy atom. The summed E-state index contributed by atoms with van der Waals surface area (Å²) in [5, 5.41) is 2.33. The Kier molecular flexibility index (Phi) is 3.41. The molecule has 1 heterocycles. The van der Waals surface area contributed by atoms with Crippen LogP contribution in [-0.4, -0.2) is 10.9 Å². The fraction of sp³-hybridized carbons (Fsp3) is 0.0769. The van der Waals surface area contributed by atoms with Gasteiger partial charge in [-0.15, -0.1) is 0 Å². The molecule has 1 aromatic carbocycles. The molecule has 1 amide bonds. The third kappa shape index (κ3) is 2.52. The average molecular weight is 263 g/mol. The zero-order valence-electron chi connectivity index (χ0n) is 10.1. The number of benzene rings is 1. The number of nitrogens with one attached hydrogen (secondary N) is 1. The van der Waals surface area contributed by atoms with E-state index in [0.29, 0.717) is 5.56 Å². The number of nitrogens with two attached hydrogens (primary N) is 1. The first-order valence-corrected chi connectivity index (χ1v) is 5.47. The summed E-state index contributed by atoms with van der Waals surface area (Å²) in [7, 11) is 0. The number of nitrogens with zero attached hydrogens (tertiary/aromatic N) is 1. The lowest BCUT2D eigenvalue weighted by Crippen LogP contribution is -2.16. The maximum absolute atomic E-state index is 13.6. The first kappa shape index (κ1) is 12.9. The van der Waals surface area contributed by atoms with Gasteiger partial charge in [-0.3, -0.25) is 4.79 Å². The number of para-hydroxylation sites is 1. The van der Waals surface area contributed by atoms with Gasteiger partial charge in [0.1, 0.15) is 5.82 Å². The van der Waals surface area contributed by atoms with E-state index in [1.54, 1.807) is 13.0 Å². The molecule has 0 aliphatic carbocycles. The van der Waals surface area contributed by atoms with Gasteiger partial charge in [0.05, 0.1) is 11.3 Å². The van der Waals surface area contributed by atoms with Gasteiger partial charge in [0.2, 0.25) is 0 Å². The molecule has 98 valence electrons. The van der Waals surface area contributed by atoms with Crippen molar-refractivity contribution >= 4 is 17.4 Å². The summed E-state index contributed by atoms with van der Waals surface area (Å²) in [6, 6.07) is 5.54. The molecule has 4 nitrogen and oxygen atoms in total. The molecule has 0 atom stereocenters. The number of anilines is 2. The third-order valence-corrected chi connectivity index (χ3v) is 2.62. The van der Waals surface area contributed by atoms with Crippen LogP contribution in [0.5, 0.6) is 0 Å². The summed E-state index contributed by atoms with van der Waals surface area (Å²) in [4.78, 5) is 15.4. The number of amides is 1. The molecule has 3 N–H and O–H groups in total. The Balaban J connectivity index is 2.34. The van der Waals surface area contributed by atoms with Gasteiger partial charge in [0.15, 0.2) is 11.6 Å². The number of halogens is 2. The van der Waals surface area contributed by atoms with Crippen molar-refractivity contribution in [2.24, 2.45) is 0 Å². The highest BCUT2D eigenvalue weighted by atomic mass is 19.1. The van der Waals surface area contributed by atoms with Gasteiger partial charge in [-0.25, -0.2) is 13.8 Å². The second-order valence-electron chi connectivity index (χ2n) is 3.94. The number of hydrogen-bond acceptors (Lipinski definition) is 3. The smallest absolute Gasteiger partial charge is 0.258 e. The van der Waals surface area contributed by atoms with E-state index in [-0.39, 0.29) is 17.1 Å². The lowest BCUT2D eigenvalue weighted by Gasteiger charge is -2.10. The van der Waals surface area contributed by atoms with Crippen LogP contribution in [0.4, 0.5) is 20.3 Å². The SMILES string of the molecule is Cc1cccc(F)c1NC(=O)c1ccnc(N)c1F. The van der Waals surface area contributed by atoms with Crippen molar-refractivity contribution in [1.29, 1.82) is 0 Å². The molecule has 0 radical (unpaired) electrons. The zero-order valence-corrected chi connectivity index (χ0v) is 10.1. The lowest BCUT2D eigenvalue weighted by molar-refractivity contribution is 0.102. The molecule has 0 fully saturated rings. The summed E-state index contributed by atoms with van der Waals surface area (Å²) in [5.74, 6) is -2.66. The molecule has 2 aromatic rings. The predicted molar refractivity (Wildman–Crippen MR) is 67.7 cm³/mol. The Bertz CT molecular complexity index is 624. The summed E-state index contributed by atoms with van der Waals surface area (Å²) in [6.07, 6.45) is 1.21. The van der Waals surface area contributed by atoms with E-state index in [0.717, 1.165) is 0 Å². The number of aromatic nitrogens is 1. The number of carbonyl (C=O) groups excluding carboxylic acids is 1. The van der Waals surface area contributed by atoms with Crippen LogP contribution in [0.2, 0.25) is 0 Å². The summed E-state index contributed by atoms with van der Waals surface area (Å²) >= 11 is 0. The maximum Gasteiger partial charge on any atom is 0.258 e. The number of pyridine rings is 1. The standard InChI is InChI=1S/C13H11F2N3O/c1-7-3-2-4-9(14)11(7)18-13(19)8-5-6-17-12(16)10(8)15/h2-6H,1H3,(H2,16,17)(H,18,19). The van der Waals surface area contributed by atoms with E-state index >= 15 is 0 Å². The van der Waals surface area contributed by atoms with Crippen LogP contribution >= 0.6 is 0 Å². The summed E-state index contributed by atoms with van der Waals surface area (Å²) < 4.78 is 27.2. The number of hydrogen-bond donors (Lipinski definition) is 2. The van der Waals surface area contributed by atoms with Crippen molar-refractivity contribution in [2.75, 3.05) is 11.1 Å². The largest absolute Gasteiger partial charge is 0.381 e. The van der Waals surface area contributed by atoms with Gasteiger partial charge in [-0.1, -0.05) is 12.1 Å². The first-order valence-electron chi connectivity index (χ1n) is 5.47. The number of nitrogen functional groups attached to an aromatic ring is 1. The molecule has 2 rings (SSSR count). The van der Waals surface area contributed by atoms with Gasteiger partial charge in [-0.2, -0.15) is 0 Å². The average Bonchev–Trinajstić information content (AvgIpc) is 2.37. The molecule has 0 spiro atoms. The van der Waals surface area contributed by atoms with Crippen molar-refractivity contribution in [1.82, 2.24) is 4.98 Å². The van der Waals surface area contributed by atoms with Crippen LogP contribution in [0, 0.1) is 18.6 Å². The van der Waals surface area contributed by atoms with Crippen molar-refractivity contribution in [3.8, 4) is 0 Å². The van der Waals surface area contributed by atoms with E-state index in [9.17, 15) is 13.6 Å². The van der Waals surface area contributed by atoms with E-state index in [1.165, 1.54) is 24.4 Å². The molecule has 0 unspecified atom stereocenters. The third-order valence-electron chi connectivity index (χ3n) is 2.62. The fourth-order valence-electron chi connectivity index (χ4n) is 1.61. The van der Waals surface area contributed by atoms with Gasteiger partial charge in [0.25, 0.3) is 5.91 Å². The number of rotatable bonds is 2. The fourth-order valence-corrected chi connectivity index (χ4v) is 1.61. The van der Waals surface area contributed by atoms with Crippen LogP contribution in [0.15, 0.2) is 30.5 Å². The topological polar surface area (TPSA) is 68.0 Å². The second kappa shape index (κ2) is 5.01. The Morgan fingerprint density at radius 2 is 2.05 bits per heavy atom. The van der Waals surface area contributed by atoms with Gasteiger partial charge < -0.3 is 11.1 Å². The molecule has 1 aromatic heterocycles. The minimum atomic E-state index is -0.922. The predicted octanol–water partition coefficient (Wildman–Crippen LogP) is 2.50. The minimum Gasteiger partial charge on any atom is -0.381 e. The summed E-state index contributed by atoms with van der Waals surface area (Å²) in [6.45, 7) is 1.63. The number of aryl methyl sites for hydroxylation is 1. The second-order valence-corrected chi connectivity index (χ2v) is 3.94. The Labute approximate surface area is 108 Å². The van der Waals surface area contributed by atoms with Crippen molar-refractivity contribution in [3.05, 3.63) is 53.2 Å². The summed E-state index contributed by atoms with van der Waals surface area (Å²) in [5.41, 5.74) is 5.54. The van der Waals surface area contributed by atoms with Crippen LogP contribution in [0.25, 0.3) is 0 Å². The molecule has 0 saturated carbocycles. The highest BCUT2D eigenvalue weighted by Crippen LogP contribution is 2.20. The van der Waals surface area contributed by atoms with Gasteiger partial charge in [0, 0.05) is 6.20 Å². The van der Waals surface area contributed by atoms with Crippen molar-refractivity contribution in [3.63, 3.8) is 0 Å². The molecule has 0 aliphatic heterocycles. The van der Waals surface area contributed by atoms with E-state index in [4.69, 9.17) is 5.73 Å². The quantitative estimate of drug-likeness (QED) is 0.874. The van der Waals surface area contributed by atoms with Crippen LogP contribution in [0.1, 0.15) is 15.9 Å². The highest BCUT2D eigenvalue weighted by molar-refractivity contribution is 6.05. The van der Waals surface area contributed by atoms with Crippen LogP contribution in [0.3, 0.4) is 0 Å². The molecule has 0 aliphatic rings. The van der Waals surface area contributed by atoms with E-state index in [1.807, 2.05) is 0 Å². The number of carbonyl (C=O) groups is 1. The van der Waals surface area contributed by atoms with Crippen molar-refractivity contribution in [2.45, 2.75) is 6.92 Å². The molecule has 6 heteroatoms. The zero-order chi connectivity index (χ0) is 14.0. The van der Waals surface area contributed by atoms with Gasteiger partial charge >= 0.3 is 0 Å². The van der Waals surface area contributed by atoms with E-state index < -0.39 is 17.5 Å². The van der Waals surface area contributed by atoms with Gasteiger partial charge in [-0.05, 0) is 24.6 Å². The lowest BCUT2D eigenvalue weighted by atomic mass is 10.1. The maximum atomic E-state index is 13.6. The highest BCUT2D eigenvalue weighted by Gasteiger charge is 2.16. The first-order chi connectivity index (χ1) is 9.00. The molecular weight excluding hydrogens is 252 g/mol. The molecule has 0 saturated heterocycles. The molecule has 19 heavy (non-hydrogen) atoms. The van der Waals surface area contributed by atoms with Crippen LogP contribution in [-0.2, 0) is 0 Å². The normalized spacial score (nSPS) is 10.3. The Hall–Kier alpha value is -2.50. The molecular formula is C13H11F2N3O. The van der Waals surface area contributed by atoms with Crippen LogP contribution < -0.4 is 11.1 Å². The minimum absolute atomic E-state index is 0.0160.